The third-order valence-electron chi connectivity index (χ3n) is 6.13. The standard InChI is InChI=1S/C26H24N4O3S/c1-17-20-11-5-6-12-22(20)32-24(17)25-29-28-23(33-25)16-34-26-27-14-21(18-8-3-2-4-9-18)30(26)15-19-10-7-13-31-19/h2-6,8-9,11-12,14,19H,7,10,13,15-16H2,1H3/t19-/m1/s1. The minimum Gasteiger partial charge on any atom is -0.451 e. The van der Waals surface area contributed by atoms with Crippen molar-refractivity contribution in [3.63, 3.8) is 0 Å². The Balaban J connectivity index is 1.24. The van der Waals surface area contributed by atoms with E-state index >= 15 is 0 Å². The van der Waals surface area contributed by atoms with Crippen LogP contribution in [-0.4, -0.2) is 32.5 Å². The number of aromatic nitrogens is 4. The van der Waals surface area contributed by atoms with Crippen molar-refractivity contribution in [3.05, 3.63) is 72.2 Å². The molecule has 0 unspecified atom stereocenters. The first-order valence-corrected chi connectivity index (χ1v) is 12.4. The molecule has 8 heteroatoms. The van der Waals surface area contributed by atoms with Crippen molar-refractivity contribution in [3.8, 4) is 22.9 Å². The van der Waals surface area contributed by atoms with Crippen LogP contribution in [0.1, 0.15) is 24.3 Å². The van der Waals surface area contributed by atoms with Gasteiger partial charge in [-0.2, -0.15) is 0 Å². The number of hydrogen-bond acceptors (Lipinski definition) is 7. The number of fused-ring (bicyclic) bond motifs is 1. The lowest BCUT2D eigenvalue weighted by Crippen LogP contribution is -2.16. The van der Waals surface area contributed by atoms with Gasteiger partial charge in [0.2, 0.25) is 5.89 Å². The Morgan fingerprint density at radius 3 is 2.71 bits per heavy atom. The van der Waals surface area contributed by atoms with E-state index < -0.39 is 0 Å². The first-order valence-electron chi connectivity index (χ1n) is 11.4. The number of imidazole rings is 1. The normalized spacial score (nSPS) is 16.0. The summed E-state index contributed by atoms with van der Waals surface area (Å²) in [6.07, 6.45) is 4.32. The average Bonchev–Trinajstić information content (AvgIpc) is 3.67. The summed E-state index contributed by atoms with van der Waals surface area (Å²) >= 11 is 1.59. The average molecular weight is 473 g/mol. The van der Waals surface area contributed by atoms with Crippen molar-refractivity contribution in [2.75, 3.05) is 6.61 Å². The highest BCUT2D eigenvalue weighted by atomic mass is 32.2. The Bertz CT molecular complexity index is 1420. The molecule has 1 saturated heterocycles. The number of furan rings is 1. The van der Waals surface area contributed by atoms with Gasteiger partial charge in [0, 0.05) is 17.6 Å². The Hall–Kier alpha value is -3.36. The van der Waals surface area contributed by atoms with Crippen LogP contribution in [0.15, 0.2) is 74.8 Å². The molecule has 6 rings (SSSR count). The third-order valence-corrected chi connectivity index (χ3v) is 7.10. The van der Waals surface area contributed by atoms with Gasteiger partial charge in [-0.05, 0) is 31.4 Å². The summed E-state index contributed by atoms with van der Waals surface area (Å²) in [7, 11) is 0. The summed E-state index contributed by atoms with van der Waals surface area (Å²) in [6, 6.07) is 18.3. The second-order valence-corrected chi connectivity index (χ2v) is 9.32. The van der Waals surface area contributed by atoms with Gasteiger partial charge in [-0.1, -0.05) is 60.3 Å². The Kier molecular flexibility index (Phi) is 5.68. The van der Waals surface area contributed by atoms with E-state index in [1.54, 1.807) is 11.8 Å². The monoisotopic (exact) mass is 472 g/mol. The van der Waals surface area contributed by atoms with E-state index in [-0.39, 0.29) is 6.10 Å². The Morgan fingerprint density at radius 2 is 1.88 bits per heavy atom. The van der Waals surface area contributed by atoms with Crippen molar-refractivity contribution in [2.45, 2.75) is 43.3 Å². The summed E-state index contributed by atoms with van der Waals surface area (Å²) in [4.78, 5) is 4.72. The van der Waals surface area contributed by atoms with E-state index in [4.69, 9.17) is 18.6 Å². The van der Waals surface area contributed by atoms with Gasteiger partial charge in [0.05, 0.1) is 30.3 Å². The van der Waals surface area contributed by atoms with E-state index in [0.717, 1.165) is 58.9 Å². The zero-order valence-electron chi connectivity index (χ0n) is 18.8. The van der Waals surface area contributed by atoms with Crippen LogP contribution in [0.3, 0.4) is 0 Å². The predicted molar refractivity (Wildman–Crippen MR) is 130 cm³/mol. The van der Waals surface area contributed by atoms with Crippen molar-refractivity contribution < 1.29 is 13.6 Å². The van der Waals surface area contributed by atoms with Crippen LogP contribution in [0.4, 0.5) is 0 Å². The van der Waals surface area contributed by atoms with Gasteiger partial charge in [-0.15, -0.1) is 10.2 Å². The van der Waals surface area contributed by atoms with Crippen LogP contribution in [-0.2, 0) is 17.0 Å². The minimum absolute atomic E-state index is 0.210. The molecule has 3 aromatic heterocycles. The molecule has 0 bridgehead atoms. The second kappa shape index (κ2) is 9.12. The van der Waals surface area contributed by atoms with Crippen LogP contribution < -0.4 is 0 Å². The molecular formula is C26H24N4O3S. The Morgan fingerprint density at radius 1 is 1.03 bits per heavy atom. The summed E-state index contributed by atoms with van der Waals surface area (Å²) in [5.41, 5.74) is 4.04. The quantitative estimate of drug-likeness (QED) is 0.264. The van der Waals surface area contributed by atoms with Crippen LogP contribution in [0.25, 0.3) is 33.9 Å². The molecular weight excluding hydrogens is 448 g/mol. The maximum atomic E-state index is 5.97. The number of thioether (sulfide) groups is 1. The molecule has 5 aromatic rings. The topological polar surface area (TPSA) is 79.1 Å². The fourth-order valence-electron chi connectivity index (χ4n) is 4.39. The highest BCUT2D eigenvalue weighted by Crippen LogP contribution is 2.34. The number of aryl methyl sites for hydroxylation is 1. The molecule has 7 nitrogen and oxygen atoms in total. The lowest BCUT2D eigenvalue weighted by atomic mass is 10.1. The summed E-state index contributed by atoms with van der Waals surface area (Å²) < 4.78 is 20.1. The zero-order chi connectivity index (χ0) is 22.9. The smallest absolute Gasteiger partial charge is 0.284 e. The van der Waals surface area contributed by atoms with Crippen LogP contribution in [0, 0.1) is 6.92 Å². The number of ether oxygens (including phenoxy) is 1. The van der Waals surface area contributed by atoms with E-state index in [1.165, 1.54) is 0 Å². The van der Waals surface area contributed by atoms with Crippen molar-refractivity contribution in [1.29, 1.82) is 0 Å². The molecule has 1 atom stereocenters. The van der Waals surface area contributed by atoms with E-state index in [2.05, 4.69) is 26.9 Å². The SMILES string of the molecule is Cc1c(-c2nnc(CSc3ncc(-c4ccccc4)n3C[C@H]3CCCO3)o2)oc2ccccc12. The lowest BCUT2D eigenvalue weighted by molar-refractivity contribution is 0.0954. The van der Waals surface area contributed by atoms with E-state index in [9.17, 15) is 0 Å². The fourth-order valence-corrected chi connectivity index (χ4v) is 5.22. The number of para-hydroxylation sites is 1. The van der Waals surface area contributed by atoms with Crippen molar-refractivity contribution in [2.24, 2.45) is 0 Å². The molecule has 4 heterocycles. The van der Waals surface area contributed by atoms with Gasteiger partial charge < -0.3 is 18.1 Å². The fraction of sp³-hybridized carbons (Fsp3) is 0.269. The maximum absolute atomic E-state index is 5.97. The molecule has 34 heavy (non-hydrogen) atoms. The summed E-state index contributed by atoms with van der Waals surface area (Å²) in [6.45, 7) is 3.61. The lowest BCUT2D eigenvalue weighted by Gasteiger charge is -2.15. The highest BCUT2D eigenvalue weighted by Gasteiger charge is 2.22. The Labute approximate surface area is 201 Å². The third kappa shape index (κ3) is 4.03. The highest BCUT2D eigenvalue weighted by molar-refractivity contribution is 7.98. The first kappa shape index (κ1) is 21.2. The number of nitrogens with zero attached hydrogens (tertiary/aromatic N) is 4. The van der Waals surface area contributed by atoms with Gasteiger partial charge in [0.25, 0.3) is 5.89 Å². The molecule has 0 spiro atoms. The molecule has 0 amide bonds. The first-order chi connectivity index (χ1) is 16.8. The zero-order valence-corrected chi connectivity index (χ0v) is 19.6. The molecule has 2 aromatic carbocycles. The van der Waals surface area contributed by atoms with Crippen LogP contribution in [0.5, 0.6) is 0 Å². The molecule has 172 valence electrons. The molecule has 0 saturated carbocycles. The van der Waals surface area contributed by atoms with E-state index in [1.807, 2.05) is 55.6 Å². The van der Waals surface area contributed by atoms with Crippen molar-refractivity contribution in [1.82, 2.24) is 19.7 Å². The minimum atomic E-state index is 0.210. The second-order valence-electron chi connectivity index (χ2n) is 8.38. The summed E-state index contributed by atoms with van der Waals surface area (Å²) in [5, 5.41) is 10.5. The molecule has 1 fully saturated rings. The molecule has 1 aliphatic rings. The van der Waals surface area contributed by atoms with Gasteiger partial charge in [-0.25, -0.2) is 4.98 Å². The predicted octanol–water partition coefficient (Wildman–Crippen LogP) is 6.13. The van der Waals surface area contributed by atoms with Gasteiger partial charge >= 0.3 is 0 Å². The number of hydrogen-bond donors (Lipinski definition) is 0. The molecule has 0 aliphatic carbocycles. The van der Waals surface area contributed by atoms with Gasteiger partial charge in [-0.3, -0.25) is 0 Å². The van der Waals surface area contributed by atoms with Gasteiger partial charge in [0.1, 0.15) is 5.58 Å². The van der Waals surface area contributed by atoms with Crippen LogP contribution >= 0.6 is 11.8 Å². The molecule has 0 N–H and O–H groups in total. The summed E-state index contributed by atoms with van der Waals surface area (Å²) in [5.74, 6) is 2.07. The van der Waals surface area contributed by atoms with Crippen LogP contribution in [0.2, 0.25) is 0 Å². The number of rotatable bonds is 7. The molecule has 0 radical (unpaired) electrons. The van der Waals surface area contributed by atoms with Crippen molar-refractivity contribution >= 4 is 22.7 Å². The molecule has 1 aliphatic heterocycles. The number of benzene rings is 2. The maximum Gasteiger partial charge on any atom is 0.284 e. The van der Waals surface area contributed by atoms with Gasteiger partial charge in [0.15, 0.2) is 10.9 Å². The largest absolute Gasteiger partial charge is 0.451 e. The van der Waals surface area contributed by atoms with E-state index in [0.29, 0.717) is 23.3 Å².